The number of nitrogens with one attached hydrogen (secondary N) is 2. The third-order valence-corrected chi connectivity index (χ3v) is 4.79. The highest BCUT2D eigenvalue weighted by molar-refractivity contribution is 9.10. The van der Waals surface area contributed by atoms with E-state index in [1.165, 1.54) is 11.8 Å². The summed E-state index contributed by atoms with van der Waals surface area (Å²) in [5.74, 6) is 0.514. The van der Waals surface area contributed by atoms with Crippen LogP contribution in [0.4, 0.5) is 11.4 Å². The van der Waals surface area contributed by atoms with E-state index in [-0.39, 0.29) is 11.9 Å². The van der Waals surface area contributed by atoms with Crippen molar-refractivity contribution in [1.29, 1.82) is 0 Å². The smallest absolute Gasteiger partial charge is 0.221 e. The molecule has 2 N–H and O–H groups in total. The number of anilines is 2. The molecular weight excluding hydrogens is 352 g/mol. The van der Waals surface area contributed by atoms with E-state index in [1.807, 2.05) is 18.2 Å². The Balaban J connectivity index is 2.15. The maximum absolute atomic E-state index is 11.1. The van der Waals surface area contributed by atoms with Crippen molar-refractivity contribution >= 4 is 44.5 Å². The molecule has 21 heavy (non-hydrogen) atoms. The Morgan fingerprint density at radius 1 is 1.38 bits per heavy atom. The number of carbonyl (C=O) groups excluding carboxylic acids is 1. The Labute approximate surface area is 136 Å². The first-order valence-corrected chi connectivity index (χ1v) is 8.13. The van der Waals surface area contributed by atoms with Crippen LogP contribution >= 0.6 is 27.3 Å². The van der Waals surface area contributed by atoms with Crippen LogP contribution in [0.1, 0.15) is 24.8 Å². The zero-order valence-corrected chi connectivity index (χ0v) is 14.5. The van der Waals surface area contributed by atoms with E-state index in [2.05, 4.69) is 44.9 Å². The number of methoxy groups -OCH3 is 1. The zero-order valence-electron chi connectivity index (χ0n) is 12.1. The normalized spacial score (nSPS) is 11.8. The summed E-state index contributed by atoms with van der Waals surface area (Å²) in [6.45, 7) is 3.58. The Hall–Kier alpha value is -1.53. The molecule has 6 heteroatoms. The maximum atomic E-state index is 11.1. The Bertz CT molecular complexity index is 642. The summed E-state index contributed by atoms with van der Waals surface area (Å²) in [4.78, 5) is 12.4. The summed E-state index contributed by atoms with van der Waals surface area (Å²) in [6.07, 6.45) is 0. The molecule has 2 rings (SSSR count). The van der Waals surface area contributed by atoms with Gasteiger partial charge in [-0.05, 0) is 41.1 Å². The van der Waals surface area contributed by atoms with E-state index in [4.69, 9.17) is 4.74 Å². The largest absolute Gasteiger partial charge is 0.494 e. The zero-order chi connectivity index (χ0) is 15.4. The van der Waals surface area contributed by atoms with Gasteiger partial charge in [0.25, 0.3) is 0 Å². The van der Waals surface area contributed by atoms with E-state index in [0.717, 1.165) is 10.2 Å². The minimum Gasteiger partial charge on any atom is -0.494 e. The first-order chi connectivity index (χ1) is 9.99. The number of halogens is 1. The van der Waals surface area contributed by atoms with Crippen molar-refractivity contribution in [3.8, 4) is 5.75 Å². The van der Waals surface area contributed by atoms with Crippen molar-refractivity contribution in [3.05, 3.63) is 39.0 Å². The lowest BCUT2D eigenvalue weighted by Crippen LogP contribution is -2.08. The van der Waals surface area contributed by atoms with Crippen molar-refractivity contribution in [3.63, 3.8) is 0 Å². The van der Waals surface area contributed by atoms with Gasteiger partial charge in [0.15, 0.2) is 0 Å². The van der Waals surface area contributed by atoms with Gasteiger partial charge in [-0.1, -0.05) is 0 Å². The molecule has 0 saturated carbocycles. The van der Waals surface area contributed by atoms with Crippen molar-refractivity contribution in [2.45, 2.75) is 19.9 Å². The third kappa shape index (κ3) is 4.22. The van der Waals surface area contributed by atoms with Gasteiger partial charge < -0.3 is 15.4 Å². The van der Waals surface area contributed by atoms with Gasteiger partial charge in [-0.3, -0.25) is 4.79 Å². The first-order valence-electron chi connectivity index (χ1n) is 6.45. The first kappa shape index (κ1) is 15.9. The van der Waals surface area contributed by atoms with Gasteiger partial charge in [-0.25, -0.2) is 0 Å². The number of carbonyl (C=O) groups is 1. The fourth-order valence-electron chi connectivity index (χ4n) is 1.95. The highest BCUT2D eigenvalue weighted by Crippen LogP contribution is 2.32. The van der Waals surface area contributed by atoms with E-state index in [0.29, 0.717) is 11.4 Å². The molecule has 1 heterocycles. The van der Waals surface area contributed by atoms with Crippen LogP contribution in [-0.4, -0.2) is 13.0 Å². The minimum absolute atomic E-state index is 0.120. The number of benzene rings is 1. The summed E-state index contributed by atoms with van der Waals surface area (Å²) in [5.41, 5.74) is 1.61. The average molecular weight is 369 g/mol. The van der Waals surface area contributed by atoms with Crippen LogP contribution in [-0.2, 0) is 4.79 Å². The van der Waals surface area contributed by atoms with Gasteiger partial charge in [0, 0.05) is 33.4 Å². The Morgan fingerprint density at radius 3 is 2.71 bits per heavy atom. The Kier molecular flexibility index (Phi) is 5.25. The minimum atomic E-state index is -0.120. The molecule has 4 nitrogen and oxygen atoms in total. The average Bonchev–Trinajstić information content (AvgIpc) is 2.86. The monoisotopic (exact) mass is 368 g/mol. The molecule has 1 amide bonds. The lowest BCUT2D eigenvalue weighted by Gasteiger charge is -2.16. The molecule has 1 aromatic heterocycles. The van der Waals surface area contributed by atoms with Gasteiger partial charge >= 0.3 is 0 Å². The molecule has 0 fully saturated rings. The maximum Gasteiger partial charge on any atom is 0.221 e. The van der Waals surface area contributed by atoms with Crippen molar-refractivity contribution in [2.24, 2.45) is 0 Å². The van der Waals surface area contributed by atoms with E-state index < -0.39 is 0 Å². The SMILES string of the molecule is COc1cc(NC(C)c2cc(Br)cs2)ccc1NC(C)=O. The van der Waals surface area contributed by atoms with Crippen LogP contribution in [0.5, 0.6) is 5.75 Å². The number of thiophene rings is 1. The molecular formula is C15H17BrN2O2S. The topological polar surface area (TPSA) is 50.4 Å². The van der Waals surface area contributed by atoms with Gasteiger partial charge in [-0.15, -0.1) is 11.3 Å². The summed E-state index contributed by atoms with van der Waals surface area (Å²) in [7, 11) is 1.59. The molecule has 0 aliphatic rings. The third-order valence-electron chi connectivity index (χ3n) is 2.91. The molecule has 2 aromatic rings. The lowest BCUT2D eigenvalue weighted by atomic mass is 10.2. The van der Waals surface area contributed by atoms with Gasteiger partial charge in [0.1, 0.15) is 5.75 Å². The molecule has 0 spiro atoms. The molecule has 0 aliphatic heterocycles. The summed E-state index contributed by atoms with van der Waals surface area (Å²) in [5, 5.41) is 8.23. The van der Waals surface area contributed by atoms with Crippen LogP contribution < -0.4 is 15.4 Å². The van der Waals surface area contributed by atoms with Crippen molar-refractivity contribution in [1.82, 2.24) is 0 Å². The number of hydrogen-bond acceptors (Lipinski definition) is 4. The van der Waals surface area contributed by atoms with Gasteiger partial charge in [-0.2, -0.15) is 0 Å². The molecule has 112 valence electrons. The van der Waals surface area contributed by atoms with Crippen molar-refractivity contribution < 1.29 is 9.53 Å². The van der Waals surface area contributed by atoms with E-state index in [1.54, 1.807) is 18.4 Å². The summed E-state index contributed by atoms with van der Waals surface area (Å²) >= 11 is 5.16. The molecule has 0 aliphatic carbocycles. The molecule has 1 aromatic carbocycles. The fraction of sp³-hybridized carbons (Fsp3) is 0.267. The second-order valence-corrected chi connectivity index (χ2v) is 6.49. The van der Waals surface area contributed by atoms with Crippen LogP contribution in [0.3, 0.4) is 0 Å². The molecule has 0 bridgehead atoms. The predicted octanol–water partition coefficient (Wildman–Crippen LogP) is 4.65. The summed E-state index contributed by atoms with van der Waals surface area (Å²) < 4.78 is 6.41. The standard InChI is InChI=1S/C15H17BrN2O2S/c1-9(15-6-11(16)8-21-15)17-12-4-5-13(18-10(2)19)14(7-12)20-3/h4-9,17H,1-3H3,(H,18,19). The summed E-state index contributed by atoms with van der Waals surface area (Å²) in [6, 6.07) is 7.93. The van der Waals surface area contributed by atoms with Crippen molar-refractivity contribution in [2.75, 3.05) is 17.7 Å². The number of amides is 1. The van der Waals surface area contributed by atoms with E-state index in [9.17, 15) is 4.79 Å². The van der Waals surface area contributed by atoms with Crippen LogP contribution in [0.2, 0.25) is 0 Å². The number of hydrogen-bond donors (Lipinski definition) is 2. The van der Waals surface area contributed by atoms with Crippen LogP contribution in [0.15, 0.2) is 34.1 Å². The quantitative estimate of drug-likeness (QED) is 0.807. The highest BCUT2D eigenvalue weighted by Gasteiger charge is 2.10. The van der Waals surface area contributed by atoms with Crippen LogP contribution in [0.25, 0.3) is 0 Å². The number of ether oxygens (including phenoxy) is 1. The highest BCUT2D eigenvalue weighted by atomic mass is 79.9. The molecule has 1 atom stereocenters. The number of rotatable bonds is 5. The lowest BCUT2D eigenvalue weighted by molar-refractivity contribution is -0.114. The second-order valence-electron chi connectivity index (χ2n) is 4.63. The molecule has 0 saturated heterocycles. The molecule has 1 unspecified atom stereocenters. The van der Waals surface area contributed by atoms with Gasteiger partial charge in [0.2, 0.25) is 5.91 Å². The Morgan fingerprint density at radius 2 is 2.14 bits per heavy atom. The van der Waals surface area contributed by atoms with Crippen LogP contribution in [0, 0.1) is 0 Å². The van der Waals surface area contributed by atoms with Gasteiger partial charge in [0.05, 0.1) is 18.8 Å². The second kappa shape index (κ2) is 6.95. The molecule has 0 radical (unpaired) electrons. The predicted molar refractivity (Wildman–Crippen MR) is 91.4 cm³/mol. The van der Waals surface area contributed by atoms with E-state index >= 15 is 0 Å². The fourth-order valence-corrected chi connectivity index (χ4v) is 3.40.